The Balaban J connectivity index is 3.21. The van der Waals surface area contributed by atoms with Crippen LogP contribution in [0.25, 0.3) is 0 Å². The SMILES string of the molecule is CCC(C)[C@H](O)[C@H](N)c1cc(F)ccc1C(F)(F)F. The van der Waals surface area contributed by atoms with E-state index in [1.165, 1.54) is 0 Å². The van der Waals surface area contributed by atoms with Gasteiger partial charge in [0.1, 0.15) is 5.82 Å². The molecule has 0 bridgehead atoms. The second-order valence-corrected chi connectivity index (χ2v) is 4.63. The van der Waals surface area contributed by atoms with Crippen molar-refractivity contribution in [2.24, 2.45) is 11.7 Å². The highest BCUT2D eigenvalue weighted by Gasteiger charge is 2.36. The molecule has 3 N–H and O–H groups in total. The molecule has 0 aliphatic heterocycles. The fourth-order valence-corrected chi connectivity index (χ4v) is 1.85. The van der Waals surface area contributed by atoms with E-state index in [1.54, 1.807) is 13.8 Å². The zero-order valence-corrected chi connectivity index (χ0v) is 10.7. The molecule has 0 aliphatic rings. The van der Waals surface area contributed by atoms with Crippen molar-refractivity contribution in [1.29, 1.82) is 0 Å². The van der Waals surface area contributed by atoms with Crippen molar-refractivity contribution in [1.82, 2.24) is 0 Å². The molecule has 1 unspecified atom stereocenters. The lowest BCUT2D eigenvalue weighted by atomic mass is 9.89. The van der Waals surface area contributed by atoms with Crippen molar-refractivity contribution in [3.05, 3.63) is 35.1 Å². The van der Waals surface area contributed by atoms with Gasteiger partial charge in [-0.25, -0.2) is 4.39 Å². The molecule has 108 valence electrons. The second-order valence-electron chi connectivity index (χ2n) is 4.63. The van der Waals surface area contributed by atoms with Crippen molar-refractivity contribution in [2.45, 2.75) is 38.6 Å². The van der Waals surface area contributed by atoms with Crippen molar-refractivity contribution in [3.8, 4) is 0 Å². The van der Waals surface area contributed by atoms with E-state index in [0.29, 0.717) is 12.5 Å². The minimum Gasteiger partial charge on any atom is -0.391 e. The first-order chi connectivity index (χ1) is 8.68. The summed E-state index contributed by atoms with van der Waals surface area (Å²) in [5.41, 5.74) is 4.24. The number of rotatable bonds is 4. The topological polar surface area (TPSA) is 46.2 Å². The molecule has 0 saturated carbocycles. The van der Waals surface area contributed by atoms with Crippen molar-refractivity contribution >= 4 is 0 Å². The van der Waals surface area contributed by atoms with Crippen LogP contribution >= 0.6 is 0 Å². The van der Waals surface area contributed by atoms with Crippen LogP contribution in [0.2, 0.25) is 0 Å². The quantitative estimate of drug-likeness (QED) is 0.831. The third kappa shape index (κ3) is 3.67. The van der Waals surface area contributed by atoms with Crippen molar-refractivity contribution in [3.63, 3.8) is 0 Å². The Morgan fingerprint density at radius 2 is 1.89 bits per heavy atom. The smallest absolute Gasteiger partial charge is 0.391 e. The van der Waals surface area contributed by atoms with Gasteiger partial charge in [0, 0.05) is 0 Å². The predicted octanol–water partition coefficient (Wildman–Crippen LogP) is 3.25. The van der Waals surface area contributed by atoms with E-state index in [4.69, 9.17) is 5.73 Å². The normalized spacial score (nSPS) is 17.1. The highest BCUT2D eigenvalue weighted by atomic mass is 19.4. The molecular weight excluding hydrogens is 262 g/mol. The first-order valence-corrected chi connectivity index (χ1v) is 5.98. The Morgan fingerprint density at radius 1 is 1.32 bits per heavy atom. The first-order valence-electron chi connectivity index (χ1n) is 5.98. The van der Waals surface area contributed by atoms with Gasteiger partial charge in [0.25, 0.3) is 0 Å². The summed E-state index contributed by atoms with van der Waals surface area (Å²) in [5.74, 6) is -1.09. The number of halogens is 4. The van der Waals surface area contributed by atoms with Crippen molar-refractivity contribution in [2.75, 3.05) is 0 Å². The summed E-state index contributed by atoms with van der Waals surface area (Å²) in [5, 5.41) is 9.91. The molecule has 0 fully saturated rings. The summed E-state index contributed by atoms with van der Waals surface area (Å²) in [4.78, 5) is 0. The third-order valence-electron chi connectivity index (χ3n) is 3.27. The van der Waals surface area contributed by atoms with Gasteiger partial charge in [0.05, 0.1) is 17.7 Å². The zero-order valence-electron chi connectivity index (χ0n) is 10.7. The third-order valence-corrected chi connectivity index (χ3v) is 3.27. The number of hydrogen-bond acceptors (Lipinski definition) is 2. The standard InChI is InChI=1S/C13H17F4NO/c1-3-7(2)12(19)11(18)9-6-8(14)4-5-10(9)13(15,16)17/h4-7,11-12,19H,3,18H2,1-2H3/t7?,11-,12+/m1/s1. The predicted molar refractivity (Wildman–Crippen MR) is 63.8 cm³/mol. The number of hydrogen-bond donors (Lipinski definition) is 2. The molecular formula is C13H17F4NO. The molecule has 1 aromatic rings. The van der Waals surface area contributed by atoms with Gasteiger partial charge < -0.3 is 10.8 Å². The van der Waals surface area contributed by atoms with Gasteiger partial charge >= 0.3 is 6.18 Å². The number of alkyl halides is 3. The minimum absolute atomic E-state index is 0.278. The molecule has 3 atom stereocenters. The Morgan fingerprint density at radius 3 is 2.37 bits per heavy atom. The molecule has 2 nitrogen and oxygen atoms in total. The molecule has 0 aliphatic carbocycles. The lowest BCUT2D eigenvalue weighted by molar-refractivity contribution is -0.138. The molecule has 1 aromatic carbocycles. The Bertz CT molecular complexity index is 433. The van der Waals surface area contributed by atoms with Crippen LogP contribution in [0, 0.1) is 11.7 Å². The van der Waals surface area contributed by atoms with Crippen LogP contribution in [0.3, 0.4) is 0 Å². The molecule has 0 amide bonds. The first kappa shape index (κ1) is 15.9. The van der Waals surface area contributed by atoms with Gasteiger partial charge in [-0.3, -0.25) is 0 Å². The maximum atomic E-state index is 13.1. The molecule has 0 heterocycles. The van der Waals surface area contributed by atoms with E-state index in [2.05, 4.69) is 0 Å². The van der Waals surface area contributed by atoms with Crippen LogP contribution in [-0.4, -0.2) is 11.2 Å². The summed E-state index contributed by atoms with van der Waals surface area (Å²) in [6.45, 7) is 3.47. The molecule has 0 saturated heterocycles. The summed E-state index contributed by atoms with van der Waals surface area (Å²) >= 11 is 0. The van der Waals surface area contributed by atoms with Gasteiger partial charge in [-0.05, 0) is 29.7 Å². The van der Waals surface area contributed by atoms with Gasteiger partial charge in [-0.1, -0.05) is 20.3 Å². The Labute approximate surface area is 109 Å². The van der Waals surface area contributed by atoms with Gasteiger partial charge in [0.15, 0.2) is 0 Å². The van der Waals surface area contributed by atoms with Crippen molar-refractivity contribution < 1.29 is 22.7 Å². The van der Waals surface area contributed by atoms with Gasteiger partial charge in [0.2, 0.25) is 0 Å². The number of aliphatic hydroxyl groups excluding tert-OH is 1. The highest BCUT2D eigenvalue weighted by molar-refractivity contribution is 5.33. The summed E-state index contributed by atoms with van der Waals surface area (Å²) in [7, 11) is 0. The number of benzene rings is 1. The zero-order chi connectivity index (χ0) is 14.8. The Hall–Kier alpha value is -1.14. The molecule has 6 heteroatoms. The fraction of sp³-hybridized carbons (Fsp3) is 0.538. The van der Waals surface area contributed by atoms with E-state index in [-0.39, 0.29) is 5.92 Å². The van der Waals surface area contributed by atoms with Crippen LogP contribution < -0.4 is 5.73 Å². The Kier molecular flexibility index (Phi) is 4.92. The minimum atomic E-state index is -4.63. The number of nitrogens with two attached hydrogens (primary N) is 1. The fourth-order valence-electron chi connectivity index (χ4n) is 1.85. The second kappa shape index (κ2) is 5.88. The van der Waals surface area contributed by atoms with Crippen LogP contribution in [0.1, 0.15) is 37.4 Å². The summed E-state index contributed by atoms with van der Waals surface area (Å²) in [6, 6.07) is 0.837. The maximum absolute atomic E-state index is 13.1. The van der Waals surface area contributed by atoms with Gasteiger partial charge in [-0.2, -0.15) is 13.2 Å². The van der Waals surface area contributed by atoms with Crippen LogP contribution in [0.4, 0.5) is 17.6 Å². The largest absolute Gasteiger partial charge is 0.416 e. The average Bonchev–Trinajstić information content (AvgIpc) is 2.34. The highest BCUT2D eigenvalue weighted by Crippen LogP contribution is 2.36. The van der Waals surface area contributed by atoms with Crippen LogP contribution in [0.5, 0.6) is 0 Å². The van der Waals surface area contributed by atoms with E-state index < -0.39 is 35.3 Å². The molecule has 19 heavy (non-hydrogen) atoms. The molecule has 0 spiro atoms. The number of aliphatic hydroxyl groups is 1. The lowest BCUT2D eigenvalue weighted by Crippen LogP contribution is -2.33. The lowest BCUT2D eigenvalue weighted by Gasteiger charge is -2.26. The molecule has 1 rings (SSSR count). The monoisotopic (exact) mass is 279 g/mol. The van der Waals surface area contributed by atoms with E-state index in [0.717, 1.165) is 12.1 Å². The van der Waals surface area contributed by atoms with Crippen LogP contribution in [-0.2, 0) is 6.18 Å². The molecule has 0 aromatic heterocycles. The maximum Gasteiger partial charge on any atom is 0.416 e. The van der Waals surface area contributed by atoms with E-state index in [9.17, 15) is 22.7 Å². The summed E-state index contributed by atoms with van der Waals surface area (Å²) < 4.78 is 51.6. The van der Waals surface area contributed by atoms with Crippen LogP contribution in [0.15, 0.2) is 18.2 Å². The van der Waals surface area contributed by atoms with Gasteiger partial charge in [-0.15, -0.1) is 0 Å². The summed E-state index contributed by atoms with van der Waals surface area (Å²) in [6.07, 6.45) is -5.23. The average molecular weight is 279 g/mol. The van der Waals surface area contributed by atoms with E-state index >= 15 is 0 Å². The van der Waals surface area contributed by atoms with E-state index in [1.807, 2.05) is 0 Å². The molecule has 0 radical (unpaired) electrons.